The van der Waals surface area contributed by atoms with Gasteiger partial charge in [-0.1, -0.05) is 6.92 Å². The lowest BCUT2D eigenvalue weighted by atomic mass is 10.1. The third kappa shape index (κ3) is 2.68. The minimum absolute atomic E-state index is 0.827. The fraction of sp³-hybridized carbons (Fsp3) is 1.00. The molecule has 2 aliphatic rings. The Hall–Kier alpha value is -0.0800. The maximum Gasteiger partial charge on any atom is 0.00963 e. The lowest BCUT2D eigenvalue weighted by Gasteiger charge is -2.21. The number of nitrogens with zero attached hydrogens (tertiary/aromatic N) is 1. The molecular formula is C11H22N2. The summed E-state index contributed by atoms with van der Waals surface area (Å²) in [5.74, 6) is 0. The second-order valence-electron chi connectivity index (χ2n) is 4.44. The van der Waals surface area contributed by atoms with Crippen LogP contribution in [0.4, 0.5) is 0 Å². The second-order valence-corrected chi connectivity index (χ2v) is 4.44. The highest BCUT2D eigenvalue weighted by Crippen LogP contribution is 2.26. The first-order chi connectivity index (χ1) is 6.40. The average molecular weight is 182 g/mol. The summed E-state index contributed by atoms with van der Waals surface area (Å²) >= 11 is 0. The van der Waals surface area contributed by atoms with Crippen LogP contribution in [0.25, 0.3) is 0 Å². The van der Waals surface area contributed by atoms with Crippen LogP contribution < -0.4 is 5.32 Å². The van der Waals surface area contributed by atoms with Gasteiger partial charge in [-0.2, -0.15) is 0 Å². The lowest BCUT2D eigenvalue weighted by molar-refractivity contribution is 0.262. The second kappa shape index (κ2) is 4.43. The van der Waals surface area contributed by atoms with Crippen LogP contribution in [0.3, 0.4) is 0 Å². The molecular weight excluding hydrogens is 160 g/mol. The summed E-state index contributed by atoms with van der Waals surface area (Å²) in [6.07, 6.45) is 7.06. The highest BCUT2D eigenvalue weighted by Gasteiger charge is 2.28. The third-order valence-corrected chi connectivity index (χ3v) is 3.40. The zero-order valence-electron chi connectivity index (χ0n) is 8.76. The molecule has 1 saturated heterocycles. The molecule has 0 bridgehead atoms. The van der Waals surface area contributed by atoms with Gasteiger partial charge in [-0.25, -0.2) is 0 Å². The quantitative estimate of drug-likeness (QED) is 0.695. The first-order valence-corrected chi connectivity index (χ1v) is 5.87. The smallest absolute Gasteiger partial charge is 0.00963 e. The number of hydrogen-bond acceptors (Lipinski definition) is 2. The van der Waals surface area contributed by atoms with Crippen molar-refractivity contribution < 1.29 is 0 Å². The molecule has 13 heavy (non-hydrogen) atoms. The number of hydrogen-bond donors (Lipinski definition) is 1. The normalized spacial score (nSPS) is 28.6. The van der Waals surface area contributed by atoms with Crippen molar-refractivity contribution in [1.29, 1.82) is 0 Å². The fourth-order valence-electron chi connectivity index (χ4n) is 2.36. The molecule has 2 heteroatoms. The summed E-state index contributed by atoms with van der Waals surface area (Å²) in [5.41, 5.74) is 0. The predicted molar refractivity (Wildman–Crippen MR) is 55.9 cm³/mol. The minimum Gasteiger partial charge on any atom is -0.314 e. The molecule has 2 nitrogen and oxygen atoms in total. The largest absolute Gasteiger partial charge is 0.314 e. The van der Waals surface area contributed by atoms with E-state index in [0.717, 1.165) is 12.1 Å². The first kappa shape index (κ1) is 9.47. The minimum atomic E-state index is 0.827. The summed E-state index contributed by atoms with van der Waals surface area (Å²) in [6, 6.07) is 1.78. The van der Waals surface area contributed by atoms with Crippen molar-refractivity contribution in [1.82, 2.24) is 10.2 Å². The summed E-state index contributed by atoms with van der Waals surface area (Å²) in [4.78, 5) is 2.65. The maximum atomic E-state index is 3.57. The predicted octanol–water partition coefficient (Wildman–Crippen LogP) is 1.61. The zero-order chi connectivity index (χ0) is 9.10. The van der Waals surface area contributed by atoms with Crippen molar-refractivity contribution in [3.05, 3.63) is 0 Å². The van der Waals surface area contributed by atoms with Gasteiger partial charge in [0.05, 0.1) is 0 Å². The van der Waals surface area contributed by atoms with Crippen molar-refractivity contribution in [2.45, 2.75) is 51.1 Å². The molecule has 0 amide bonds. The van der Waals surface area contributed by atoms with Gasteiger partial charge in [-0.15, -0.1) is 0 Å². The van der Waals surface area contributed by atoms with E-state index in [1.165, 1.54) is 51.7 Å². The molecule has 76 valence electrons. The van der Waals surface area contributed by atoms with Gasteiger partial charge in [0.25, 0.3) is 0 Å². The van der Waals surface area contributed by atoms with E-state index in [9.17, 15) is 0 Å². The van der Waals surface area contributed by atoms with Gasteiger partial charge in [0.2, 0.25) is 0 Å². The van der Waals surface area contributed by atoms with Gasteiger partial charge < -0.3 is 10.2 Å². The van der Waals surface area contributed by atoms with E-state index in [1.54, 1.807) is 0 Å². The van der Waals surface area contributed by atoms with Crippen LogP contribution in [0.5, 0.6) is 0 Å². The van der Waals surface area contributed by atoms with Gasteiger partial charge in [0.15, 0.2) is 0 Å². The van der Waals surface area contributed by atoms with Crippen LogP contribution in [0.1, 0.15) is 39.0 Å². The Morgan fingerprint density at radius 1 is 1.31 bits per heavy atom. The van der Waals surface area contributed by atoms with E-state index in [2.05, 4.69) is 17.1 Å². The third-order valence-electron chi connectivity index (χ3n) is 3.40. The Morgan fingerprint density at radius 3 is 2.69 bits per heavy atom. The molecule has 2 rings (SSSR count). The molecule has 1 heterocycles. The summed E-state index contributed by atoms with van der Waals surface area (Å²) < 4.78 is 0. The fourth-order valence-corrected chi connectivity index (χ4v) is 2.36. The van der Waals surface area contributed by atoms with Gasteiger partial charge in [-0.05, 0) is 51.7 Å². The van der Waals surface area contributed by atoms with Crippen LogP contribution in [-0.4, -0.2) is 36.6 Å². The molecule has 0 radical (unpaired) electrons. The van der Waals surface area contributed by atoms with Gasteiger partial charge in [0, 0.05) is 12.1 Å². The Labute approximate surface area is 81.7 Å². The zero-order valence-corrected chi connectivity index (χ0v) is 8.76. The van der Waals surface area contributed by atoms with Crippen LogP contribution in [0.2, 0.25) is 0 Å². The number of nitrogens with one attached hydrogen (secondary N) is 1. The highest BCUT2D eigenvalue weighted by molar-refractivity contribution is 4.85. The Bertz CT molecular complexity index is 148. The monoisotopic (exact) mass is 182 g/mol. The van der Waals surface area contributed by atoms with Crippen molar-refractivity contribution in [3.8, 4) is 0 Å². The van der Waals surface area contributed by atoms with E-state index in [-0.39, 0.29) is 0 Å². The Balaban J connectivity index is 1.64. The molecule has 0 spiro atoms. The van der Waals surface area contributed by atoms with E-state index < -0.39 is 0 Å². The molecule has 2 fully saturated rings. The molecule has 1 unspecified atom stereocenters. The van der Waals surface area contributed by atoms with Crippen LogP contribution in [-0.2, 0) is 0 Å². The average Bonchev–Trinajstić information content (AvgIpc) is 2.84. The molecule has 0 aromatic carbocycles. The van der Waals surface area contributed by atoms with Gasteiger partial charge in [-0.3, -0.25) is 0 Å². The van der Waals surface area contributed by atoms with Crippen LogP contribution >= 0.6 is 0 Å². The topological polar surface area (TPSA) is 15.3 Å². The van der Waals surface area contributed by atoms with Gasteiger partial charge in [0.1, 0.15) is 0 Å². The summed E-state index contributed by atoms with van der Waals surface area (Å²) in [6.45, 7) is 6.11. The van der Waals surface area contributed by atoms with Crippen molar-refractivity contribution >= 4 is 0 Å². The summed E-state index contributed by atoms with van der Waals surface area (Å²) in [7, 11) is 0. The Morgan fingerprint density at radius 2 is 2.15 bits per heavy atom. The molecule has 1 saturated carbocycles. The molecule has 1 N–H and O–H groups in total. The SMILES string of the molecule is CCN(CCC1CCCN1)C1CC1. The van der Waals surface area contributed by atoms with Crippen molar-refractivity contribution in [2.75, 3.05) is 19.6 Å². The molecule has 1 atom stereocenters. The standard InChI is InChI=1S/C11H22N2/c1-2-13(11-5-6-11)9-7-10-4-3-8-12-10/h10-12H,2-9H2,1H3. The molecule has 1 aliphatic carbocycles. The van der Waals surface area contributed by atoms with Gasteiger partial charge >= 0.3 is 0 Å². The summed E-state index contributed by atoms with van der Waals surface area (Å²) in [5, 5.41) is 3.57. The van der Waals surface area contributed by atoms with Crippen LogP contribution in [0, 0.1) is 0 Å². The lowest BCUT2D eigenvalue weighted by Crippen LogP contribution is -2.32. The van der Waals surface area contributed by atoms with E-state index >= 15 is 0 Å². The molecule has 0 aromatic rings. The molecule has 0 aromatic heterocycles. The Kier molecular flexibility index (Phi) is 3.23. The van der Waals surface area contributed by atoms with Crippen molar-refractivity contribution in [2.24, 2.45) is 0 Å². The highest BCUT2D eigenvalue weighted by atomic mass is 15.2. The van der Waals surface area contributed by atoms with Crippen molar-refractivity contribution in [3.63, 3.8) is 0 Å². The first-order valence-electron chi connectivity index (χ1n) is 5.87. The van der Waals surface area contributed by atoms with E-state index in [0.29, 0.717) is 0 Å². The van der Waals surface area contributed by atoms with E-state index in [1.807, 2.05) is 0 Å². The van der Waals surface area contributed by atoms with E-state index in [4.69, 9.17) is 0 Å². The number of rotatable bonds is 5. The maximum absolute atomic E-state index is 3.57. The van der Waals surface area contributed by atoms with Crippen LogP contribution in [0.15, 0.2) is 0 Å². The molecule has 1 aliphatic heterocycles.